The summed E-state index contributed by atoms with van der Waals surface area (Å²) in [6.45, 7) is 0. The SMILES string of the molecule is O=C([O-])c1cc(-c2cccs2)nc2ccc(Br)cc12.[K+]. The summed E-state index contributed by atoms with van der Waals surface area (Å²) >= 11 is 4.86. The van der Waals surface area contributed by atoms with Gasteiger partial charge in [-0.1, -0.05) is 22.0 Å². The molecule has 0 saturated carbocycles. The molecule has 0 aliphatic carbocycles. The monoisotopic (exact) mass is 371 g/mol. The van der Waals surface area contributed by atoms with Crippen LogP contribution in [0.2, 0.25) is 0 Å². The molecular formula is C14H7BrKNO2S. The van der Waals surface area contributed by atoms with Crippen molar-refractivity contribution in [2.24, 2.45) is 0 Å². The first-order valence-electron chi connectivity index (χ1n) is 5.50. The van der Waals surface area contributed by atoms with Gasteiger partial charge in [-0.2, -0.15) is 0 Å². The van der Waals surface area contributed by atoms with Gasteiger partial charge in [-0.15, -0.1) is 11.3 Å². The fourth-order valence-corrected chi connectivity index (χ4v) is 2.96. The Balaban J connectivity index is 0.00000147. The molecule has 0 saturated heterocycles. The van der Waals surface area contributed by atoms with Gasteiger partial charge in [0.2, 0.25) is 0 Å². The van der Waals surface area contributed by atoms with Gasteiger partial charge in [0.15, 0.2) is 0 Å². The van der Waals surface area contributed by atoms with Gasteiger partial charge in [0.05, 0.1) is 22.1 Å². The van der Waals surface area contributed by atoms with Crippen molar-refractivity contribution in [1.82, 2.24) is 4.98 Å². The summed E-state index contributed by atoms with van der Waals surface area (Å²) < 4.78 is 0.813. The minimum atomic E-state index is -1.19. The molecule has 1 aromatic carbocycles. The number of aromatic carboxylic acids is 1. The van der Waals surface area contributed by atoms with Crippen molar-refractivity contribution < 1.29 is 61.3 Å². The van der Waals surface area contributed by atoms with Gasteiger partial charge in [0, 0.05) is 15.4 Å². The van der Waals surface area contributed by atoms with E-state index in [9.17, 15) is 9.90 Å². The number of hydrogen-bond acceptors (Lipinski definition) is 4. The number of halogens is 1. The summed E-state index contributed by atoms with van der Waals surface area (Å²) in [5, 5.41) is 13.8. The number of nitrogens with zero attached hydrogens (tertiary/aromatic N) is 1. The summed E-state index contributed by atoms with van der Waals surface area (Å²) in [7, 11) is 0. The summed E-state index contributed by atoms with van der Waals surface area (Å²) in [5.41, 5.74) is 1.46. The number of benzene rings is 1. The number of thiophene rings is 1. The molecule has 0 N–H and O–H groups in total. The molecule has 2 heterocycles. The maximum Gasteiger partial charge on any atom is 1.00 e. The van der Waals surface area contributed by atoms with E-state index in [4.69, 9.17) is 0 Å². The number of aromatic nitrogens is 1. The summed E-state index contributed by atoms with van der Waals surface area (Å²) in [5.74, 6) is -1.19. The van der Waals surface area contributed by atoms with Crippen LogP contribution in [0.5, 0.6) is 0 Å². The van der Waals surface area contributed by atoms with Crippen molar-refractivity contribution in [1.29, 1.82) is 0 Å². The molecule has 94 valence electrons. The maximum absolute atomic E-state index is 11.3. The number of carboxylic acids is 1. The van der Waals surface area contributed by atoms with E-state index in [-0.39, 0.29) is 56.9 Å². The van der Waals surface area contributed by atoms with Gasteiger partial charge < -0.3 is 9.90 Å². The van der Waals surface area contributed by atoms with E-state index in [1.807, 2.05) is 23.6 Å². The molecular weight excluding hydrogens is 365 g/mol. The molecule has 3 aromatic rings. The van der Waals surface area contributed by atoms with Gasteiger partial charge >= 0.3 is 51.4 Å². The van der Waals surface area contributed by atoms with Crippen molar-refractivity contribution in [3.8, 4) is 10.6 Å². The van der Waals surface area contributed by atoms with Crippen molar-refractivity contribution in [2.75, 3.05) is 0 Å². The van der Waals surface area contributed by atoms with Crippen LogP contribution in [0.3, 0.4) is 0 Å². The molecule has 0 unspecified atom stereocenters. The fraction of sp³-hybridized carbons (Fsp3) is 0. The van der Waals surface area contributed by atoms with Gasteiger partial charge in [-0.05, 0) is 35.7 Å². The van der Waals surface area contributed by atoms with Crippen LogP contribution < -0.4 is 56.5 Å². The second-order valence-corrected chi connectivity index (χ2v) is 5.84. The Bertz CT molecular complexity index is 774. The molecule has 0 radical (unpaired) electrons. The molecule has 0 aliphatic heterocycles. The van der Waals surface area contributed by atoms with Crippen LogP contribution in [-0.4, -0.2) is 11.0 Å². The topological polar surface area (TPSA) is 53.0 Å². The predicted molar refractivity (Wildman–Crippen MR) is 77.1 cm³/mol. The van der Waals surface area contributed by atoms with Gasteiger partial charge in [0.25, 0.3) is 0 Å². The number of fused-ring (bicyclic) bond motifs is 1. The second-order valence-electron chi connectivity index (χ2n) is 3.98. The van der Waals surface area contributed by atoms with Crippen molar-refractivity contribution in [3.63, 3.8) is 0 Å². The summed E-state index contributed by atoms with van der Waals surface area (Å²) in [4.78, 5) is 16.7. The van der Waals surface area contributed by atoms with Gasteiger partial charge in [-0.25, -0.2) is 4.98 Å². The van der Waals surface area contributed by atoms with E-state index in [0.717, 1.165) is 9.35 Å². The van der Waals surface area contributed by atoms with Crippen LogP contribution in [-0.2, 0) is 0 Å². The standard InChI is InChI=1S/C14H8BrNO2S.K/c15-8-3-4-11-9(6-8)10(14(17)18)7-12(16-11)13-2-1-5-19-13;/h1-7H,(H,17,18);/q;+1/p-1. The molecule has 2 aromatic heterocycles. The van der Waals surface area contributed by atoms with E-state index in [1.54, 1.807) is 18.2 Å². The molecule has 6 heteroatoms. The van der Waals surface area contributed by atoms with Gasteiger partial charge in [-0.3, -0.25) is 0 Å². The first-order valence-corrected chi connectivity index (χ1v) is 7.18. The van der Waals surface area contributed by atoms with Crippen LogP contribution in [0, 0.1) is 0 Å². The molecule has 0 aliphatic rings. The number of carbonyl (C=O) groups excluding carboxylic acids is 1. The average molecular weight is 372 g/mol. The zero-order chi connectivity index (χ0) is 13.4. The maximum atomic E-state index is 11.3. The third kappa shape index (κ3) is 3.22. The molecule has 0 fully saturated rings. The van der Waals surface area contributed by atoms with Gasteiger partial charge in [0.1, 0.15) is 0 Å². The summed E-state index contributed by atoms with van der Waals surface area (Å²) in [6.07, 6.45) is 0. The average Bonchev–Trinajstić information content (AvgIpc) is 2.91. The zero-order valence-corrected chi connectivity index (χ0v) is 16.1. The van der Waals surface area contributed by atoms with Crippen molar-refractivity contribution in [2.45, 2.75) is 0 Å². The number of pyridine rings is 1. The molecule has 3 nitrogen and oxygen atoms in total. The molecule has 0 spiro atoms. The minimum Gasteiger partial charge on any atom is -0.545 e. The van der Waals surface area contributed by atoms with Crippen LogP contribution >= 0.6 is 27.3 Å². The van der Waals surface area contributed by atoms with E-state index < -0.39 is 5.97 Å². The first kappa shape index (κ1) is 16.3. The largest absolute Gasteiger partial charge is 1.00 e. The normalized spacial score (nSPS) is 10.2. The number of rotatable bonds is 2. The Kier molecular flexibility index (Phi) is 5.53. The number of carbonyl (C=O) groups is 1. The number of carboxylic acid groups (broad SMARTS) is 1. The Morgan fingerprint density at radius 3 is 2.70 bits per heavy atom. The van der Waals surface area contributed by atoms with E-state index >= 15 is 0 Å². The minimum absolute atomic E-state index is 0. The fourth-order valence-electron chi connectivity index (χ4n) is 1.92. The Hall–Kier alpha value is -0.0836. The number of hydrogen-bond donors (Lipinski definition) is 0. The third-order valence-electron chi connectivity index (χ3n) is 2.76. The van der Waals surface area contributed by atoms with E-state index in [0.29, 0.717) is 16.6 Å². The summed E-state index contributed by atoms with van der Waals surface area (Å²) in [6, 6.07) is 10.8. The molecule has 3 rings (SSSR count). The second kappa shape index (κ2) is 6.78. The van der Waals surface area contributed by atoms with Crippen LogP contribution in [0.15, 0.2) is 46.3 Å². The van der Waals surface area contributed by atoms with Crippen LogP contribution in [0.1, 0.15) is 10.4 Å². The predicted octanol–water partition coefficient (Wildman–Crippen LogP) is 0.0933. The quantitative estimate of drug-likeness (QED) is 0.600. The molecule has 20 heavy (non-hydrogen) atoms. The van der Waals surface area contributed by atoms with Crippen LogP contribution in [0.4, 0.5) is 0 Å². The third-order valence-corrected chi connectivity index (χ3v) is 4.15. The Labute approximate surface area is 170 Å². The molecule has 0 atom stereocenters. The van der Waals surface area contributed by atoms with E-state index in [2.05, 4.69) is 20.9 Å². The van der Waals surface area contributed by atoms with Crippen LogP contribution in [0.25, 0.3) is 21.5 Å². The molecule has 0 bridgehead atoms. The smallest absolute Gasteiger partial charge is 0.545 e. The zero-order valence-electron chi connectivity index (χ0n) is 10.6. The Morgan fingerprint density at radius 1 is 1.25 bits per heavy atom. The van der Waals surface area contributed by atoms with Crippen molar-refractivity contribution >= 4 is 44.1 Å². The first-order chi connectivity index (χ1) is 9.15. The molecule has 0 amide bonds. The van der Waals surface area contributed by atoms with E-state index in [1.165, 1.54) is 11.3 Å². The Morgan fingerprint density at radius 2 is 2.05 bits per heavy atom. The van der Waals surface area contributed by atoms with Crippen molar-refractivity contribution in [3.05, 3.63) is 51.8 Å².